The summed E-state index contributed by atoms with van der Waals surface area (Å²) in [6.07, 6.45) is 0. The summed E-state index contributed by atoms with van der Waals surface area (Å²) in [5.74, 6) is 0.631. The quantitative estimate of drug-likeness (QED) is 0.524. The fourth-order valence-electron chi connectivity index (χ4n) is 3.59. The van der Waals surface area contributed by atoms with Gasteiger partial charge in [-0.25, -0.2) is 0 Å². The van der Waals surface area contributed by atoms with Crippen LogP contribution in [0.1, 0.15) is 29.9 Å². The predicted octanol–water partition coefficient (Wildman–Crippen LogP) is 5.29. The van der Waals surface area contributed by atoms with Crippen molar-refractivity contribution in [3.8, 4) is 0 Å². The van der Waals surface area contributed by atoms with Crippen molar-refractivity contribution in [2.24, 2.45) is 0 Å². The second kappa shape index (κ2) is 8.53. The van der Waals surface area contributed by atoms with Crippen LogP contribution in [0.25, 0.3) is 0 Å². The van der Waals surface area contributed by atoms with Gasteiger partial charge in [-0.2, -0.15) is 0 Å². The minimum atomic E-state index is -0.518. The molecule has 0 fully saturated rings. The molecule has 2 N–H and O–H groups in total. The molecule has 2 heterocycles. The van der Waals surface area contributed by atoms with Crippen molar-refractivity contribution in [1.82, 2.24) is 10.5 Å². The normalized spacial score (nSPS) is 16.3. The first-order chi connectivity index (χ1) is 14.8. The molecule has 1 atom stereocenters. The average molecular weight is 453 g/mol. The first-order valence-corrected chi connectivity index (χ1v) is 10.5. The van der Waals surface area contributed by atoms with Gasteiger partial charge in [-0.15, -0.1) is 0 Å². The highest BCUT2D eigenvalue weighted by atomic mass is 35.5. The maximum Gasteiger partial charge on any atom is 0.257 e. The number of thiocarbonyl (C=S) groups is 1. The summed E-state index contributed by atoms with van der Waals surface area (Å²) >= 11 is 12.2. The number of benzene rings is 2. The van der Waals surface area contributed by atoms with Gasteiger partial charge in [-0.1, -0.05) is 52.7 Å². The zero-order valence-electron chi connectivity index (χ0n) is 17.3. The van der Waals surface area contributed by atoms with E-state index < -0.39 is 6.04 Å². The van der Waals surface area contributed by atoms with Gasteiger partial charge in [0, 0.05) is 22.5 Å². The summed E-state index contributed by atoms with van der Waals surface area (Å²) < 4.78 is 5.08. The van der Waals surface area contributed by atoms with Crippen LogP contribution in [0.2, 0.25) is 5.02 Å². The number of nitrogens with zero attached hydrogens (tertiary/aromatic N) is 2. The topological polar surface area (TPSA) is 70.4 Å². The number of aryl methyl sites for hydroxylation is 2. The molecule has 4 rings (SSSR count). The molecule has 1 aromatic heterocycles. The standard InChI is InChI=1S/C23H21ClN4O2S/c1-13-8-10-16(11-9-13)28-15(3)20(22(29)25-19-12-14(2)30-27-19)21(26-23(28)31)17-6-4-5-7-18(17)24/h4-12,21H,1-3H3,(H,26,31)(H,25,27,29). The summed E-state index contributed by atoms with van der Waals surface area (Å²) in [6.45, 7) is 5.66. The number of allylic oxidation sites excluding steroid dienone is 1. The number of hydrogen-bond donors (Lipinski definition) is 2. The van der Waals surface area contributed by atoms with Gasteiger partial charge >= 0.3 is 0 Å². The van der Waals surface area contributed by atoms with Gasteiger partial charge in [0.15, 0.2) is 10.9 Å². The molecule has 0 saturated carbocycles. The van der Waals surface area contributed by atoms with E-state index in [1.54, 1.807) is 19.1 Å². The fraction of sp³-hybridized carbons (Fsp3) is 0.174. The first-order valence-electron chi connectivity index (χ1n) is 9.72. The summed E-state index contributed by atoms with van der Waals surface area (Å²) in [5.41, 5.74) is 3.95. The lowest BCUT2D eigenvalue weighted by Gasteiger charge is -2.38. The Labute approximate surface area is 190 Å². The summed E-state index contributed by atoms with van der Waals surface area (Å²) in [7, 11) is 0. The molecule has 1 amide bonds. The van der Waals surface area contributed by atoms with E-state index in [9.17, 15) is 4.79 Å². The molecule has 1 aliphatic heterocycles. The van der Waals surface area contributed by atoms with Gasteiger partial charge in [0.2, 0.25) is 0 Å². The molecule has 158 valence electrons. The van der Waals surface area contributed by atoms with E-state index in [0.717, 1.165) is 16.8 Å². The van der Waals surface area contributed by atoms with Gasteiger partial charge in [-0.3, -0.25) is 9.69 Å². The Morgan fingerprint density at radius 2 is 1.87 bits per heavy atom. The van der Waals surface area contributed by atoms with Gasteiger partial charge < -0.3 is 15.2 Å². The third-order valence-corrected chi connectivity index (χ3v) is 5.75. The van der Waals surface area contributed by atoms with Crippen molar-refractivity contribution >= 4 is 46.3 Å². The molecular formula is C23H21ClN4O2S. The van der Waals surface area contributed by atoms with E-state index in [1.165, 1.54) is 0 Å². The van der Waals surface area contributed by atoms with Crippen LogP contribution in [-0.2, 0) is 4.79 Å². The van der Waals surface area contributed by atoms with Gasteiger partial charge in [-0.05, 0) is 56.8 Å². The van der Waals surface area contributed by atoms with Crippen LogP contribution < -0.4 is 15.5 Å². The molecular weight excluding hydrogens is 432 g/mol. The van der Waals surface area contributed by atoms with Crippen molar-refractivity contribution in [3.63, 3.8) is 0 Å². The number of hydrogen-bond acceptors (Lipinski definition) is 4. The molecule has 0 saturated heterocycles. The van der Waals surface area contributed by atoms with Crippen molar-refractivity contribution in [2.45, 2.75) is 26.8 Å². The van der Waals surface area contributed by atoms with E-state index >= 15 is 0 Å². The number of carbonyl (C=O) groups is 1. The lowest BCUT2D eigenvalue weighted by Crippen LogP contribution is -2.48. The van der Waals surface area contributed by atoms with E-state index in [1.807, 2.05) is 61.2 Å². The molecule has 1 unspecified atom stereocenters. The SMILES string of the molecule is CC1=C(C(=O)Nc2cc(C)on2)C(c2ccccc2Cl)NC(=S)N1c1ccc(C)cc1. The summed E-state index contributed by atoms with van der Waals surface area (Å²) in [6, 6.07) is 16.5. The molecule has 0 spiro atoms. The minimum Gasteiger partial charge on any atom is -0.360 e. The second-order valence-electron chi connectivity index (χ2n) is 7.35. The van der Waals surface area contributed by atoms with Crippen LogP contribution in [0.5, 0.6) is 0 Å². The Hall–Kier alpha value is -3.16. The number of anilines is 2. The molecule has 6 nitrogen and oxygen atoms in total. The highest BCUT2D eigenvalue weighted by molar-refractivity contribution is 7.80. The third-order valence-electron chi connectivity index (χ3n) is 5.11. The highest BCUT2D eigenvalue weighted by Crippen LogP contribution is 2.36. The van der Waals surface area contributed by atoms with Gasteiger partial charge in [0.1, 0.15) is 5.76 Å². The van der Waals surface area contributed by atoms with Crippen LogP contribution in [0.4, 0.5) is 11.5 Å². The fourth-order valence-corrected chi connectivity index (χ4v) is 4.20. The molecule has 3 aromatic rings. The molecule has 8 heteroatoms. The molecule has 31 heavy (non-hydrogen) atoms. The van der Waals surface area contributed by atoms with Gasteiger partial charge in [0.25, 0.3) is 5.91 Å². The number of halogens is 1. The summed E-state index contributed by atoms with van der Waals surface area (Å²) in [4.78, 5) is 15.3. The zero-order chi connectivity index (χ0) is 22.1. The van der Waals surface area contributed by atoms with Crippen LogP contribution in [0.15, 0.2) is 70.4 Å². The minimum absolute atomic E-state index is 0.317. The number of carbonyl (C=O) groups excluding carboxylic acids is 1. The zero-order valence-corrected chi connectivity index (χ0v) is 18.8. The second-order valence-corrected chi connectivity index (χ2v) is 8.14. The van der Waals surface area contributed by atoms with Crippen molar-refractivity contribution in [3.05, 3.63) is 87.8 Å². The van der Waals surface area contributed by atoms with Crippen LogP contribution in [-0.4, -0.2) is 16.2 Å². The molecule has 0 radical (unpaired) electrons. The Kier molecular flexibility index (Phi) is 5.80. The Morgan fingerprint density at radius 3 is 2.52 bits per heavy atom. The summed E-state index contributed by atoms with van der Waals surface area (Å²) in [5, 5.41) is 11.0. The lowest BCUT2D eigenvalue weighted by atomic mass is 9.94. The molecule has 1 aliphatic rings. The highest BCUT2D eigenvalue weighted by Gasteiger charge is 2.35. The number of amides is 1. The Morgan fingerprint density at radius 1 is 1.16 bits per heavy atom. The number of rotatable bonds is 4. The predicted molar refractivity (Wildman–Crippen MR) is 126 cm³/mol. The number of nitrogens with one attached hydrogen (secondary N) is 2. The van der Waals surface area contributed by atoms with Crippen LogP contribution >= 0.6 is 23.8 Å². The van der Waals surface area contributed by atoms with Gasteiger partial charge in [0.05, 0.1) is 11.6 Å². The van der Waals surface area contributed by atoms with Crippen molar-refractivity contribution < 1.29 is 9.32 Å². The molecule has 2 aromatic carbocycles. The largest absolute Gasteiger partial charge is 0.360 e. The molecule has 0 aliphatic carbocycles. The van der Waals surface area contributed by atoms with Crippen molar-refractivity contribution in [2.75, 3.05) is 10.2 Å². The Bertz CT molecular complexity index is 1190. The first kappa shape index (κ1) is 21.1. The van der Waals surface area contributed by atoms with Crippen molar-refractivity contribution in [1.29, 1.82) is 0 Å². The lowest BCUT2D eigenvalue weighted by molar-refractivity contribution is -0.113. The van der Waals surface area contributed by atoms with Crippen LogP contribution in [0.3, 0.4) is 0 Å². The van der Waals surface area contributed by atoms with E-state index in [2.05, 4.69) is 15.8 Å². The van der Waals surface area contributed by atoms with E-state index in [-0.39, 0.29) is 5.91 Å². The smallest absolute Gasteiger partial charge is 0.257 e. The van der Waals surface area contributed by atoms with Crippen LogP contribution in [0, 0.1) is 13.8 Å². The third kappa shape index (κ3) is 4.19. The molecule has 0 bridgehead atoms. The monoisotopic (exact) mass is 452 g/mol. The number of aromatic nitrogens is 1. The van der Waals surface area contributed by atoms with E-state index in [0.29, 0.717) is 33.0 Å². The van der Waals surface area contributed by atoms with E-state index in [4.69, 9.17) is 28.3 Å². The maximum absolute atomic E-state index is 13.4. The average Bonchev–Trinajstić information content (AvgIpc) is 3.13. The Balaban J connectivity index is 1.82. The maximum atomic E-state index is 13.4.